The Labute approximate surface area is 252 Å². The number of rotatable bonds is 11. The molecule has 0 fully saturated rings. The molecule has 0 aliphatic rings. The van der Waals surface area contributed by atoms with Crippen LogP contribution in [0.25, 0.3) is 5.69 Å². The van der Waals surface area contributed by atoms with Crippen LogP contribution in [-0.2, 0) is 14.8 Å². The molecule has 0 saturated heterocycles. The first-order valence-electron chi connectivity index (χ1n) is 13.5. The summed E-state index contributed by atoms with van der Waals surface area (Å²) in [4.78, 5) is 14.1. The number of aromatic nitrogens is 1. The molecule has 8 nitrogen and oxygen atoms in total. The summed E-state index contributed by atoms with van der Waals surface area (Å²) in [6.07, 6.45) is 3.50. The van der Waals surface area contributed by atoms with Gasteiger partial charge in [-0.1, -0.05) is 18.2 Å². The predicted molar refractivity (Wildman–Crippen MR) is 171 cm³/mol. The lowest BCUT2D eigenvalue weighted by Crippen LogP contribution is -2.39. The van der Waals surface area contributed by atoms with Gasteiger partial charge in [0.1, 0.15) is 12.3 Å². The summed E-state index contributed by atoms with van der Waals surface area (Å²) >= 11 is 1.52. The Morgan fingerprint density at radius 2 is 1.64 bits per heavy atom. The number of benzene rings is 3. The van der Waals surface area contributed by atoms with Crippen LogP contribution in [0.5, 0.6) is 5.75 Å². The minimum Gasteiger partial charge on any atom is -0.494 e. The highest BCUT2D eigenvalue weighted by molar-refractivity contribution is 7.98. The number of carbonyl (C=O) groups excluding carboxylic acids is 1. The quantitative estimate of drug-likeness (QED) is 0.125. The molecule has 4 aromatic rings. The fourth-order valence-corrected chi connectivity index (χ4v) is 6.65. The number of hydrogen-bond acceptors (Lipinski definition) is 6. The molecule has 3 aromatic carbocycles. The van der Waals surface area contributed by atoms with E-state index in [1.807, 2.05) is 39.2 Å². The third-order valence-corrected chi connectivity index (χ3v) is 9.43. The fourth-order valence-electron chi connectivity index (χ4n) is 4.83. The number of sulfonamides is 1. The Balaban J connectivity index is 1.58. The molecule has 0 spiro atoms. The second-order valence-electron chi connectivity index (χ2n) is 9.81. The van der Waals surface area contributed by atoms with Crippen molar-refractivity contribution in [3.8, 4) is 11.4 Å². The first-order valence-corrected chi connectivity index (χ1v) is 16.2. The van der Waals surface area contributed by atoms with Gasteiger partial charge in [-0.25, -0.2) is 13.8 Å². The standard InChI is InChI=1S/C32H36N4O4S2/c1-7-40-28-13-11-27(12-14-28)35(42(38,39)30-17-15-29(41-6)16-18-30)21-31(37)34-33-20-26-19-24(4)36(25(26)5)32-22(2)9-8-10-23(32)3/h8-20H,7,21H2,1-6H3,(H,34,37)/b33-20-. The lowest BCUT2D eigenvalue weighted by atomic mass is 10.1. The predicted octanol–water partition coefficient (Wildman–Crippen LogP) is 6.18. The van der Waals surface area contributed by atoms with Gasteiger partial charge in [0, 0.05) is 21.8 Å². The number of hydrazone groups is 1. The molecular formula is C32H36N4O4S2. The maximum atomic E-state index is 13.7. The third-order valence-electron chi connectivity index (χ3n) is 6.90. The average Bonchev–Trinajstić information content (AvgIpc) is 3.24. The SMILES string of the molecule is CCOc1ccc(N(CC(=O)N/N=C\c2cc(C)n(-c3c(C)cccc3C)c2C)S(=O)(=O)c2ccc(SC)cc2)cc1. The van der Waals surface area contributed by atoms with Crippen molar-refractivity contribution in [3.63, 3.8) is 0 Å². The monoisotopic (exact) mass is 604 g/mol. The number of carbonyl (C=O) groups is 1. The molecule has 0 unspecified atom stereocenters. The van der Waals surface area contributed by atoms with Crippen LogP contribution in [-0.4, -0.2) is 44.5 Å². The Morgan fingerprint density at radius 1 is 1.00 bits per heavy atom. The van der Waals surface area contributed by atoms with E-state index in [-0.39, 0.29) is 4.90 Å². The van der Waals surface area contributed by atoms with E-state index in [0.29, 0.717) is 18.0 Å². The van der Waals surface area contributed by atoms with Gasteiger partial charge in [-0.2, -0.15) is 5.10 Å². The van der Waals surface area contributed by atoms with Crippen LogP contribution in [0.3, 0.4) is 0 Å². The number of nitrogens with zero attached hydrogens (tertiary/aromatic N) is 3. The molecule has 42 heavy (non-hydrogen) atoms. The molecular weight excluding hydrogens is 569 g/mol. The summed E-state index contributed by atoms with van der Waals surface area (Å²) in [5.74, 6) is 0.0310. The highest BCUT2D eigenvalue weighted by Gasteiger charge is 2.27. The van der Waals surface area contributed by atoms with E-state index < -0.39 is 22.5 Å². The van der Waals surface area contributed by atoms with Gasteiger partial charge < -0.3 is 9.30 Å². The number of amides is 1. The maximum absolute atomic E-state index is 13.7. The number of anilines is 1. The number of hydrogen-bond donors (Lipinski definition) is 1. The first-order chi connectivity index (χ1) is 20.1. The molecule has 1 heterocycles. The Hall–Kier alpha value is -4.02. The largest absolute Gasteiger partial charge is 0.494 e. The van der Waals surface area contributed by atoms with Crippen molar-refractivity contribution in [2.24, 2.45) is 5.10 Å². The van der Waals surface area contributed by atoms with Gasteiger partial charge in [0.05, 0.1) is 29.1 Å². The lowest BCUT2D eigenvalue weighted by Gasteiger charge is -2.24. The summed E-state index contributed by atoms with van der Waals surface area (Å²) in [5.41, 5.74) is 9.16. The molecule has 0 aliphatic carbocycles. The summed E-state index contributed by atoms with van der Waals surface area (Å²) in [6.45, 7) is 10.1. The van der Waals surface area contributed by atoms with E-state index in [4.69, 9.17) is 4.74 Å². The van der Waals surface area contributed by atoms with Crippen molar-refractivity contribution in [2.45, 2.75) is 44.4 Å². The van der Waals surface area contributed by atoms with E-state index in [1.54, 1.807) is 54.7 Å². The highest BCUT2D eigenvalue weighted by atomic mass is 32.2. The van der Waals surface area contributed by atoms with Crippen LogP contribution in [0.2, 0.25) is 0 Å². The second kappa shape index (κ2) is 13.3. The molecule has 10 heteroatoms. The van der Waals surface area contributed by atoms with Crippen molar-refractivity contribution >= 4 is 39.6 Å². The fraction of sp³-hybridized carbons (Fsp3) is 0.250. The molecule has 0 radical (unpaired) electrons. The van der Waals surface area contributed by atoms with Crippen LogP contribution < -0.4 is 14.5 Å². The van der Waals surface area contributed by atoms with Crippen molar-refractivity contribution < 1.29 is 17.9 Å². The van der Waals surface area contributed by atoms with E-state index >= 15 is 0 Å². The van der Waals surface area contributed by atoms with Crippen LogP contribution in [0.4, 0.5) is 5.69 Å². The van der Waals surface area contributed by atoms with Crippen molar-refractivity contribution in [1.29, 1.82) is 0 Å². The number of ether oxygens (including phenoxy) is 1. The van der Waals surface area contributed by atoms with Crippen molar-refractivity contribution in [1.82, 2.24) is 9.99 Å². The zero-order chi connectivity index (χ0) is 30.4. The van der Waals surface area contributed by atoms with E-state index in [9.17, 15) is 13.2 Å². The molecule has 4 rings (SSSR count). The molecule has 1 amide bonds. The minimum atomic E-state index is -4.06. The second-order valence-corrected chi connectivity index (χ2v) is 12.6. The Bertz CT molecular complexity index is 1670. The average molecular weight is 605 g/mol. The molecule has 0 aliphatic heterocycles. The van der Waals surface area contributed by atoms with E-state index in [0.717, 1.165) is 43.0 Å². The number of aryl methyl sites for hydroxylation is 3. The molecule has 0 atom stereocenters. The van der Waals surface area contributed by atoms with Crippen LogP contribution >= 0.6 is 11.8 Å². The Morgan fingerprint density at radius 3 is 2.24 bits per heavy atom. The summed E-state index contributed by atoms with van der Waals surface area (Å²) in [5, 5.41) is 4.18. The molecule has 0 saturated carbocycles. The lowest BCUT2D eigenvalue weighted by molar-refractivity contribution is -0.119. The van der Waals surface area contributed by atoms with Crippen LogP contribution in [0, 0.1) is 27.7 Å². The topological polar surface area (TPSA) is 93.0 Å². The third kappa shape index (κ3) is 6.71. The van der Waals surface area contributed by atoms with Gasteiger partial charge in [0.2, 0.25) is 0 Å². The van der Waals surface area contributed by atoms with E-state index in [1.165, 1.54) is 11.8 Å². The Kier molecular flexibility index (Phi) is 9.80. The number of nitrogens with one attached hydrogen (secondary N) is 1. The molecule has 1 aromatic heterocycles. The van der Waals surface area contributed by atoms with Gasteiger partial charge in [0.15, 0.2) is 0 Å². The molecule has 220 valence electrons. The highest BCUT2D eigenvalue weighted by Crippen LogP contribution is 2.28. The zero-order valence-electron chi connectivity index (χ0n) is 24.7. The number of para-hydroxylation sites is 1. The summed E-state index contributed by atoms with van der Waals surface area (Å²) in [7, 11) is -4.06. The normalized spacial score (nSPS) is 11.6. The van der Waals surface area contributed by atoms with Crippen LogP contribution in [0.15, 0.2) is 87.7 Å². The smallest absolute Gasteiger partial charge is 0.264 e. The minimum absolute atomic E-state index is 0.0874. The molecule has 0 bridgehead atoms. The van der Waals surface area contributed by atoms with Gasteiger partial charge in [-0.3, -0.25) is 9.10 Å². The zero-order valence-corrected chi connectivity index (χ0v) is 26.3. The van der Waals surface area contributed by atoms with Crippen LogP contribution in [0.1, 0.15) is 35.0 Å². The summed E-state index contributed by atoms with van der Waals surface area (Å²) in [6, 6.07) is 21.4. The molecule has 1 N–H and O–H groups in total. The van der Waals surface area contributed by atoms with Gasteiger partial charge in [0.25, 0.3) is 15.9 Å². The summed E-state index contributed by atoms with van der Waals surface area (Å²) < 4.78 is 36.2. The van der Waals surface area contributed by atoms with Gasteiger partial charge in [-0.15, -0.1) is 11.8 Å². The first kappa shape index (κ1) is 30.9. The van der Waals surface area contributed by atoms with Gasteiger partial charge >= 0.3 is 0 Å². The van der Waals surface area contributed by atoms with Crippen molar-refractivity contribution in [3.05, 3.63) is 101 Å². The van der Waals surface area contributed by atoms with Crippen molar-refractivity contribution in [2.75, 3.05) is 23.7 Å². The maximum Gasteiger partial charge on any atom is 0.264 e. The number of thioether (sulfide) groups is 1. The van der Waals surface area contributed by atoms with Gasteiger partial charge in [-0.05, 0) is 107 Å². The van der Waals surface area contributed by atoms with E-state index in [2.05, 4.69) is 41.1 Å².